The van der Waals surface area contributed by atoms with Gasteiger partial charge in [-0.3, -0.25) is 42.8 Å². The summed E-state index contributed by atoms with van der Waals surface area (Å²) < 4.78 is 40.0. The van der Waals surface area contributed by atoms with Gasteiger partial charge in [-0.25, -0.2) is 19.2 Å². The molecule has 4 aromatic heterocycles. The van der Waals surface area contributed by atoms with Gasteiger partial charge in [-0.1, -0.05) is 165 Å². The number of ketones is 1. The Labute approximate surface area is 815 Å². The van der Waals surface area contributed by atoms with Gasteiger partial charge in [0.1, 0.15) is 33.9 Å². The monoisotopic (exact) mass is 1890 g/mol. The van der Waals surface area contributed by atoms with Crippen LogP contribution in [-0.4, -0.2) is 217 Å². The molecule has 742 valence electrons. The number of ether oxygens (including phenoxy) is 6. The Morgan fingerprint density at radius 1 is 0.406 bits per heavy atom. The summed E-state index contributed by atoms with van der Waals surface area (Å²) in [6.45, 7) is 45.4. The molecule has 7 aliphatic heterocycles. The Morgan fingerprint density at radius 3 is 1.28 bits per heavy atom. The second-order valence-corrected chi connectivity index (χ2v) is 42.1. The SMILES string of the molecule is CC(C)(C)OC(=O)CC1CCC(CCN2CCc3cn(Cc4ccccc4)nc3C2)CC1.CC(C)(C)OC(=O)N1CCC2=C(C1)CN(Cc1ccccc1)C2=O.CC(C)(C)OC(=O)N1CCc2cn(Cc3ccccc3)nc2C1.CCOC(=O)C1CCN(C(=O)OC(C)(C)C)CC1=O.Cc1c2c(nn1Cc1ccccc1)CN(C(=O)OC(C)(C)C)CC2.c1ccc(Cn2cc3c(n2)CNCC3)cc1. The van der Waals surface area contributed by atoms with Crippen LogP contribution in [0.3, 0.4) is 0 Å². The molecule has 1 N–H and O–H groups in total. The van der Waals surface area contributed by atoms with Crippen LogP contribution in [-0.2, 0) is 132 Å². The van der Waals surface area contributed by atoms with Gasteiger partial charge >= 0.3 is 36.3 Å². The van der Waals surface area contributed by atoms with Crippen molar-refractivity contribution in [1.82, 2.24) is 73.8 Å². The zero-order valence-electron chi connectivity index (χ0n) is 84.5. The molecule has 138 heavy (non-hydrogen) atoms. The van der Waals surface area contributed by atoms with Crippen LogP contribution < -0.4 is 5.32 Å². The summed E-state index contributed by atoms with van der Waals surface area (Å²) in [5, 5.41) is 22.2. The van der Waals surface area contributed by atoms with E-state index in [4.69, 9.17) is 38.6 Å². The lowest BCUT2D eigenvalue weighted by Crippen LogP contribution is -2.48. The Bertz CT molecular complexity index is 5530. The van der Waals surface area contributed by atoms with Crippen molar-refractivity contribution in [3.05, 3.63) is 260 Å². The maximum Gasteiger partial charge on any atom is 0.410 e. The molecule has 0 spiro atoms. The fraction of sp³-hybridized carbons (Fsp3) is 0.523. The first kappa shape index (κ1) is 105. The Kier molecular flexibility index (Phi) is 36.3. The van der Waals surface area contributed by atoms with Crippen LogP contribution in [0.4, 0.5) is 19.2 Å². The Balaban J connectivity index is 0.000000150. The van der Waals surface area contributed by atoms with Gasteiger partial charge in [0.25, 0.3) is 5.91 Å². The van der Waals surface area contributed by atoms with Crippen LogP contribution in [0.5, 0.6) is 0 Å². The number of aromatic nitrogens is 8. The van der Waals surface area contributed by atoms with E-state index in [1.165, 1.54) is 85.8 Å². The highest BCUT2D eigenvalue weighted by Gasteiger charge is 2.40. The van der Waals surface area contributed by atoms with Gasteiger partial charge in [-0.2, -0.15) is 20.4 Å². The third kappa shape index (κ3) is 32.7. The van der Waals surface area contributed by atoms with Gasteiger partial charge in [-0.15, -0.1) is 0 Å². The molecule has 1 saturated heterocycles. The fourth-order valence-corrected chi connectivity index (χ4v) is 17.9. The molecule has 0 radical (unpaired) electrons. The minimum absolute atomic E-state index is 0.0308. The second kappa shape index (κ2) is 47.9. The highest BCUT2D eigenvalue weighted by atomic mass is 16.6. The number of carbonyl (C=O) groups excluding carboxylic acids is 8. The number of Topliss-reactive ketones (excluding diaryl/α,β-unsaturated/α-hetero) is 1. The van der Waals surface area contributed by atoms with Gasteiger partial charge in [0.05, 0.1) is 75.2 Å². The van der Waals surface area contributed by atoms with E-state index in [1.807, 2.05) is 175 Å². The molecule has 0 bridgehead atoms. The van der Waals surface area contributed by atoms with E-state index >= 15 is 0 Å². The van der Waals surface area contributed by atoms with Crippen LogP contribution in [0.15, 0.2) is 181 Å². The summed E-state index contributed by atoms with van der Waals surface area (Å²) in [4.78, 5) is 108. The summed E-state index contributed by atoms with van der Waals surface area (Å²) in [5.41, 5.74) is 16.6. The van der Waals surface area contributed by atoms with Crippen molar-refractivity contribution >= 4 is 48.0 Å². The maximum atomic E-state index is 12.6. The summed E-state index contributed by atoms with van der Waals surface area (Å²) in [7, 11) is 0. The van der Waals surface area contributed by atoms with Crippen LogP contribution in [0.25, 0.3) is 0 Å². The molecule has 1 saturated carbocycles. The molecule has 29 nitrogen and oxygen atoms in total. The van der Waals surface area contributed by atoms with Gasteiger partial charge < -0.3 is 58.2 Å². The first-order valence-electron chi connectivity index (χ1n) is 49.2. The topological polar surface area (TPSA) is 295 Å². The van der Waals surface area contributed by atoms with E-state index in [-0.39, 0.29) is 61.1 Å². The number of carbonyl (C=O) groups is 8. The summed E-state index contributed by atoms with van der Waals surface area (Å²) in [6, 6.07) is 51.6. The molecule has 9 aromatic rings. The zero-order chi connectivity index (χ0) is 99.1. The third-order valence-electron chi connectivity index (χ3n) is 24.7. The van der Waals surface area contributed by atoms with E-state index < -0.39 is 40.4 Å². The highest BCUT2D eigenvalue weighted by Crippen LogP contribution is 2.36. The van der Waals surface area contributed by atoms with Gasteiger partial charge in [-0.05, 0) is 256 Å². The first-order chi connectivity index (χ1) is 65.6. The number of piperidine rings is 1. The Morgan fingerprint density at radius 2 is 0.812 bits per heavy atom. The van der Waals surface area contributed by atoms with Crippen molar-refractivity contribution in [2.75, 3.05) is 72.1 Å². The lowest BCUT2D eigenvalue weighted by molar-refractivity contribution is -0.156. The normalized spacial score (nSPS) is 17.6. The van der Waals surface area contributed by atoms with Crippen molar-refractivity contribution in [2.45, 2.75) is 282 Å². The number of benzene rings is 5. The van der Waals surface area contributed by atoms with Crippen molar-refractivity contribution < 1.29 is 66.8 Å². The minimum atomic E-state index is -0.751. The molecule has 5 aromatic carbocycles. The van der Waals surface area contributed by atoms with Crippen molar-refractivity contribution in [3.63, 3.8) is 0 Å². The highest BCUT2D eigenvalue weighted by molar-refractivity contribution is 6.01. The summed E-state index contributed by atoms with van der Waals surface area (Å²) in [5.74, 6) is -0.172. The number of esters is 2. The quantitative estimate of drug-likeness (QED) is 0.0503. The minimum Gasteiger partial charge on any atom is -0.465 e. The number of amides is 5. The lowest BCUT2D eigenvalue weighted by Gasteiger charge is -2.31. The predicted octanol–water partition coefficient (Wildman–Crippen LogP) is 17.9. The second-order valence-electron chi connectivity index (χ2n) is 42.1. The molecule has 1 aliphatic carbocycles. The van der Waals surface area contributed by atoms with E-state index in [1.54, 1.807) is 42.4 Å². The summed E-state index contributed by atoms with van der Waals surface area (Å²) in [6.07, 6.45) is 16.6. The van der Waals surface area contributed by atoms with Crippen molar-refractivity contribution in [2.24, 2.45) is 17.8 Å². The number of hydrogen-bond acceptors (Lipinski definition) is 20. The van der Waals surface area contributed by atoms with Crippen LogP contribution in [0.2, 0.25) is 0 Å². The van der Waals surface area contributed by atoms with Gasteiger partial charge in [0, 0.05) is 102 Å². The van der Waals surface area contributed by atoms with E-state index in [9.17, 15) is 38.4 Å². The molecular weight excluding hydrogens is 1740 g/mol. The average molecular weight is 1890 g/mol. The van der Waals surface area contributed by atoms with E-state index in [2.05, 4.69) is 129 Å². The third-order valence-corrected chi connectivity index (χ3v) is 24.7. The van der Waals surface area contributed by atoms with Gasteiger partial charge in [0.15, 0.2) is 5.78 Å². The van der Waals surface area contributed by atoms with Gasteiger partial charge in [0.2, 0.25) is 0 Å². The van der Waals surface area contributed by atoms with Crippen LogP contribution >= 0.6 is 0 Å². The smallest absolute Gasteiger partial charge is 0.410 e. The molecule has 8 aliphatic rings. The maximum absolute atomic E-state index is 12.6. The molecule has 5 amide bonds. The molecule has 29 heteroatoms. The lowest BCUT2D eigenvalue weighted by atomic mass is 9.79. The molecule has 1 unspecified atom stereocenters. The first-order valence-corrected chi connectivity index (χ1v) is 49.2. The number of fused-ring (bicyclic) bond motifs is 4. The van der Waals surface area contributed by atoms with E-state index in [0.717, 1.165) is 131 Å². The number of nitrogens with one attached hydrogen (secondary N) is 1. The molecule has 11 heterocycles. The summed E-state index contributed by atoms with van der Waals surface area (Å²) >= 11 is 0. The van der Waals surface area contributed by atoms with Crippen molar-refractivity contribution in [3.8, 4) is 0 Å². The molecule has 1 atom stereocenters. The number of likely N-dealkylation sites (tertiary alicyclic amines) is 1. The number of nitrogens with zero attached hydrogens (tertiary/aromatic N) is 14. The van der Waals surface area contributed by atoms with Crippen LogP contribution in [0.1, 0.15) is 241 Å². The predicted molar refractivity (Wildman–Crippen MR) is 530 cm³/mol. The number of rotatable bonds is 17. The van der Waals surface area contributed by atoms with Crippen molar-refractivity contribution in [1.29, 1.82) is 0 Å². The fourth-order valence-electron chi connectivity index (χ4n) is 17.9. The zero-order valence-corrected chi connectivity index (χ0v) is 84.5. The Hall–Kier alpha value is -12.2. The molecular formula is C109H147N15O14. The molecule has 17 rings (SSSR count). The number of hydrogen-bond donors (Lipinski definition) is 1. The largest absolute Gasteiger partial charge is 0.465 e. The average Bonchev–Trinajstić information content (AvgIpc) is 1.65. The standard InChI is InChI=1S/C27H39N3O2.C19H25N3O2.C19H24N2O3.C18H23N3O2.C13H15N3.C13H21NO5/c1-27(2,3)32-26(31)17-22-11-9-21(10-12-22)13-15-29-16-14-24-19-30(28-25(24)20-29)18-23-7-5-4-6-8-23;1-14-16-10-11-21(18(23)24-19(2,3)4)13-17(16)20-22(14)12-15-8-6-5-7-9-15;1-19(2,3)24-18(23)20-10-9-16-15(12-20)13-21(17(16)22)11-14-7-5-4-6-8-14;1-18(2,3)23-17(22)20-10-9-15-12-21(19-16(15)13-20)11-14-7-5-4-6-8-14;1-2-4-11(5-3-1)9-16-10-12-6-7-14-8-13(12)15-16;1-5-18-11(16)9-6-7-14(8-10(9)15)12(17)19-13(2,3)4/h4-8,19,21-22H,9-18,20H2,1-3H3;5-9H,10-13H2,1-4H3;4-8H,9-13H2,1-3H3;4-8,12H,9-11,13H2,1-3H3;1-5,10,14H,6-9H2;9H,5-8H2,1-4H3. The van der Waals surface area contributed by atoms with E-state index in [0.29, 0.717) is 77.7 Å². The molecule has 2 fully saturated rings. The van der Waals surface area contributed by atoms with Crippen LogP contribution in [0, 0.1) is 24.7 Å².